The molecular formula is C14H11F3O2. The van der Waals surface area contributed by atoms with E-state index in [1.165, 1.54) is 19.2 Å². The molecule has 0 aliphatic carbocycles. The summed E-state index contributed by atoms with van der Waals surface area (Å²) in [4.78, 5) is 0. The second-order valence-electron chi connectivity index (χ2n) is 3.94. The molecule has 1 atom stereocenters. The molecule has 0 fully saturated rings. The molecule has 0 aliphatic heterocycles. The van der Waals surface area contributed by atoms with Crippen LogP contribution >= 0.6 is 0 Å². The van der Waals surface area contributed by atoms with Crippen molar-refractivity contribution >= 4 is 0 Å². The number of benzene rings is 2. The first-order valence-electron chi connectivity index (χ1n) is 5.50. The molecule has 0 radical (unpaired) electrons. The van der Waals surface area contributed by atoms with Gasteiger partial charge in [0.1, 0.15) is 11.9 Å². The summed E-state index contributed by atoms with van der Waals surface area (Å²) < 4.78 is 44.4. The third-order valence-corrected chi connectivity index (χ3v) is 2.79. The zero-order chi connectivity index (χ0) is 14.0. The molecule has 1 unspecified atom stereocenters. The van der Waals surface area contributed by atoms with Crippen LogP contribution in [0, 0.1) is 17.5 Å². The summed E-state index contributed by atoms with van der Waals surface area (Å²) >= 11 is 0. The molecular weight excluding hydrogens is 257 g/mol. The molecule has 1 N–H and O–H groups in total. The quantitative estimate of drug-likeness (QED) is 0.866. The fourth-order valence-corrected chi connectivity index (χ4v) is 1.72. The minimum absolute atomic E-state index is 0.316. The molecule has 0 saturated heterocycles. The van der Waals surface area contributed by atoms with Crippen LogP contribution in [-0.2, 0) is 0 Å². The van der Waals surface area contributed by atoms with Crippen molar-refractivity contribution < 1.29 is 23.0 Å². The van der Waals surface area contributed by atoms with E-state index in [2.05, 4.69) is 0 Å². The Morgan fingerprint density at radius 1 is 0.947 bits per heavy atom. The van der Waals surface area contributed by atoms with Gasteiger partial charge in [0.15, 0.2) is 17.5 Å². The zero-order valence-corrected chi connectivity index (χ0v) is 10.0. The van der Waals surface area contributed by atoms with Crippen molar-refractivity contribution in [2.75, 3.05) is 7.11 Å². The Hall–Kier alpha value is -2.01. The van der Waals surface area contributed by atoms with E-state index < -0.39 is 23.6 Å². The molecule has 0 aliphatic rings. The van der Waals surface area contributed by atoms with E-state index in [0.717, 1.165) is 12.1 Å². The summed E-state index contributed by atoms with van der Waals surface area (Å²) in [5.74, 6) is -3.70. The highest BCUT2D eigenvalue weighted by Crippen LogP contribution is 2.27. The molecule has 19 heavy (non-hydrogen) atoms. The van der Waals surface area contributed by atoms with Crippen molar-refractivity contribution in [3.8, 4) is 5.75 Å². The number of halogens is 3. The molecule has 2 nitrogen and oxygen atoms in total. The van der Waals surface area contributed by atoms with Gasteiger partial charge < -0.3 is 9.84 Å². The average molecular weight is 268 g/mol. The SMILES string of the molecule is COc1ccc(C(O)c2ccc(F)c(F)c2F)cc1. The summed E-state index contributed by atoms with van der Waals surface area (Å²) in [6.45, 7) is 0. The van der Waals surface area contributed by atoms with Crippen LogP contribution in [0.5, 0.6) is 5.75 Å². The first-order valence-corrected chi connectivity index (χ1v) is 5.50. The summed E-state index contributed by atoms with van der Waals surface area (Å²) in [6.07, 6.45) is -1.37. The molecule has 0 spiro atoms. The van der Waals surface area contributed by atoms with Gasteiger partial charge in [-0.3, -0.25) is 0 Å². The van der Waals surface area contributed by atoms with Crippen molar-refractivity contribution in [2.24, 2.45) is 0 Å². The van der Waals surface area contributed by atoms with Crippen molar-refractivity contribution in [3.63, 3.8) is 0 Å². The Bertz CT molecular complexity index is 582. The highest BCUT2D eigenvalue weighted by atomic mass is 19.2. The predicted octanol–water partition coefficient (Wildman–Crippen LogP) is 3.19. The lowest BCUT2D eigenvalue weighted by Gasteiger charge is -2.13. The van der Waals surface area contributed by atoms with Crippen LogP contribution < -0.4 is 4.74 Å². The Morgan fingerprint density at radius 3 is 2.16 bits per heavy atom. The number of rotatable bonds is 3. The molecule has 5 heteroatoms. The molecule has 0 bridgehead atoms. The van der Waals surface area contributed by atoms with Crippen molar-refractivity contribution in [3.05, 3.63) is 65.0 Å². The summed E-state index contributed by atoms with van der Waals surface area (Å²) in [6, 6.07) is 7.99. The van der Waals surface area contributed by atoms with Crippen molar-refractivity contribution in [1.29, 1.82) is 0 Å². The number of methoxy groups -OCH3 is 1. The van der Waals surface area contributed by atoms with Crippen molar-refractivity contribution in [1.82, 2.24) is 0 Å². The highest BCUT2D eigenvalue weighted by Gasteiger charge is 2.20. The van der Waals surface area contributed by atoms with Crippen LogP contribution in [-0.4, -0.2) is 12.2 Å². The van der Waals surface area contributed by atoms with E-state index in [-0.39, 0.29) is 5.56 Å². The maximum atomic E-state index is 13.5. The van der Waals surface area contributed by atoms with Gasteiger partial charge in [-0.15, -0.1) is 0 Å². The molecule has 0 amide bonds. The van der Waals surface area contributed by atoms with Gasteiger partial charge in [0.25, 0.3) is 0 Å². The number of hydrogen-bond donors (Lipinski definition) is 1. The Kier molecular flexibility index (Phi) is 3.76. The van der Waals surface area contributed by atoms with Gasteiger partial charge >= 0.3 is 0 Å². The van der Waals surface area contributed by atoms with Gasteiger partial charge in [0, 0.05) is 5.56 Å². The topological polar surface area (TPSA) is 29.5 Å². The molecule has 2 aromatic carbocycles. The van der Waals surface area contributed by atoms with Gasteiger partial charge in [-0.2, -0.15) is 0 Å². The van der Waals surface area contributed by atoms with E-state index in [4.69, 9.17) is 4.74 Å². The average Bonchev–Trinajstić information content (AvgIpc) is 2.44. The second-order valence-corrected chi connectivity index (χ2v) is 3.94. The van der Waals surface area contributed by atoms with Gasteiger partial charge in [-0.1, -0.05) is 18.2 Å². The first kappa shape index (κ1) is 13.4. The predicted molar refractivity (Wildman–Crippen MR) is 63.4 cm³/mol. The van der Waals surface area contributed by atoms with E-state index in [1.807, 2.05) is 0 Å². The highest BCUT2D eigenvalue weighted by molar-refractivity contribution is 5.35. The van der Waals surface area contributed by atoms with Crippen LogP contribution in [0.3, 0.4) is 0 Å². The molecule has 0 saturated carbocycles. The normalized spacial score (nSPS) is 12.3. The van der Waals surface area contributed by atoms with Crippen LogP contribution in [0.4, 0.5) is 13.2 Å². The van der Waals surface area contributed by atoms with Crippen LogP contribution in [0.1, 0.15) is 17.2 Å². The monoisotopic (exact) mass is 268 g/mol. The number of hydrogen-bond acceptors (Lipinski definition) is 2. The van der Waals surface area contributed by atoms with Crippen LogP contribution in [0.25, 0.3) is 0 Å². The minimum Gasteiger partial charge on any atom is -0.497 e. The maximum absolute atomic E-state index is 13.5. The largest absolute Gasteiger partial charge is 0.497 e. The Labute approximate surface area is 108 Å². The van der Waals surface area contributed by atoms with E-state index in [9.17, 15) is 18.3 Å². The summed E-state index contributed by atoms with van der Waals surface area (Å²) in [7, 11) is 1.49. The van der Waals surface area contributed by atoms with Crippen LogP contribution in [0.2, 0.25) is 0 Å². The van der Waals surface area contributed by atoms with Crippen LogP contribution in [0.15, 0.2) is 36.4 Å². The van der Waals surface area contributed by atoms with E-state index in [0.29, 0.717) is 11.3 Å². The van der Waals surface area contributed by atoms with Gasteiger partial charge in [-0.05, 0) is 23.8 Å². The summed E-state index contributed by atoms with van der Waals surface area (Å²) in [5.41, 5.74) is 0.0368. The van der Waals surface area contributed by atoms with E-state index in [1.54, 1.807) is 12.1 Å². The number of aliphatic hydroxyl groups is 1. The van der Waals surface area contributed by atoms with Crippen molar-refractivity contribution in [2.45, 2.75) is 6.10 Å². The Balaban J connectivity index is 2.38. The smallest absolute Gasteiger partial charge is 0.194 e. The molecule has 0 heterocycles. The van der Waals surface area contributed by atoms with Gasteiger partial charge in [-0.25, -0.2) is 13.2 Å². The lowest BCUT2D eigenvalue weighted by Crippen LogP contribution is -2.05. The molecule has 0 aromatic heterocycles. The third-order valence-electron chi connectivity index (χ3n) is 2.79. The standard InChI is InChI=1S/C14H11F3O2/c1-19-9-4-2-8(3-5-9)14(18)10-6-7-11(15)13(17)12(10)16/h2-7,14,18H,1H3. The second kappa shape index (κ2) is 5.32. The summed E-state index contributed by atoms with van der Waals surface area (Å²) in [5, 5.41) is 9.98. The fraction of sp³-hybridized carbons (Fsp3) is 0.143. The number of ether oxygens (including phenoxy) is 1. The lowest BCUT2D eigenvalue weighted by molar-refractivity contribution is 0.212. The molecule has 100 valence electrons. The van der Waals surface area contributed by atoms with Gasteiger partial charge in [0.2, 0.25) is 0 Å². The fourth-order valence-electron chi connectivity index (χ4n) is 1.72. The first-order chi connectivity index (χ1) is 9.04. The molecule has 2 aromatic rings. The maximum Gasteiger partial charge on any atom is 0.194 e. The minimum atomic E-state index is -1.59. The van der Waals surface area contributed by atoms with E-state index >= 15 is 0 Å². The molecule has 2 rings (SSSR count). The lowest BCUT2D eigenvalue weighted by atomic mass is 10.0. The number of aliphatic hydroxyl groups excluding tert-OH is 1. The third kappa shape index (κ3) is 2.56. The zero-order valence-electron chi connectivity index (χ0n) is 10.0. The van der Waals surface area contributed by atoms with Gasteiger partial charge in [0.05, 0.1) is 7.11 Å². The Morgan fingerprint density at radius 2 is 1.58 bits per heavy atom.